The topological polar surface area (TPSA) is 64.3 Å². The summed E-state index contributed by atoms with van der Waals surface area (Å²) in [7, 11) is 0. The zero-order valence-electron chi connectivity index (χ0n) is 20.3. The van der Waals surface area contributed by atoms with Crippen molar-refractivity contribution in [2.45, 2.75) is 64.2 Å². The van der Waals surface area contributed by atoms with Gasteiger partial charge in [-0.3, -0.25) is 0 Å². The third-order valence-corrected chi connectivity index (χ3v) is 4.37. The Balaban J connectivity index is 0.000000416. The van der Waals surface area contributed by atoms with Crippen LogP contribution in [-0.2, 0) is 42.5 Å². The molecule has 0 saturated carbocycles. The maximum atomic E-state index is 12.7. The average molecular weight is 586 g/mol. The van der Waals surface area contributed by atoms with Gasteiger partial charge < -0.3 is 15.8 Å². The Morgan fingerprint density at radius 3 is 1.21 bits per heavy atom. The highest BCUT2D eigenvalue weighted by Crippen LogP contribution is 2.37. The van der Waals surface area contributed by atoms with E-state index in [0.29, 0.717) is 24.3 Å². The normalized spacial score (nSPS) is 12.9. The lowest BCUT2D eigenvalue weighted by atomic mass is 10.0. The number of alkyl carbamates (subject to hydrolysis) is 1. The maximum Gasteiger partial charge on any atom is 0.416 e. The van der Waals surface area contributed by atoms with E-state index in [1.165, 1.54) is 0 Å². The van der Waals surface area contributed by atoms with Crippen molar-refractivity contribution < 1.29 is 62.2 Å². The molecule has 0 saturated heterocycles. The summed E-state index contributed by atoms with van der Waals surface area (Å²) >= 11 is 0. The van der Waals surface area contributed by atoms with Gasteiger partial charge in [0.1, 0.15) is 5.60 Å². The van der Waals surface area contributed by atoms with Gasteiger partial charge in [0.15, 0.2) is 0 Å². The van der Waals surface area contributed by atoms with E-state index >= 15 is 0 Å². The third-order valence-electron chi connectivity index (χ3n) is 4.37. The van der Waals surface area contributed by atoms with E-state index in [0.717, 1.165) is 0 Å². The van der Waals surface area contributed by atoms with Crippen molar-refractivity contribution in [2.75, 3.05) is 0 Å². The van der Waals surface area contributed by atoms with Crippen LogP contribution in [0.3, 0.4) is 0 Å². The van der Waals surface area contributed by atoms with Gasteiger partial charge in [-0.15, -0.1) is 0 Å². The predicted molar refractivity (Wildman–Crippen MR) is 114 cm³/mol. The summed E-state index contributed by atoms with van der Waals surface area (Å²) in [5, 5.41) is 2.12. The van der Waals surface area contributed by atoms with E-state index in [-0.39, 0.29) is 29.8 Å². The monoisotopic (exact) mass is 586 g/mol. The van der Waals surface area contributed by atoms with Crippen LogP contribution in [0.5, 0.6) is 0 Å². The zero-order valence-corrected chi connectivity index (χ0v) is 20.3. The van der Waals surface area contributed by atoms with E-state index in [2.05, 4.69) is 5.32 Å². The summed E-state index contributed by atoms with van der Waals surface area (Å²) in [5.74, 6) is 0. The Morgan fingerprint density at radius 2 is 0.949 bits per heavy atom. The highest BCUT2D eigenvalue weighted by Gasteiger charge is 2.38. The van der Waals surface area contributed by atoms with Gasteiger partial charge in [0, 0.05) is 13.1 Å². The standard InChI is InChI=1S/C14H15F6NO2.C9H7F6N/c1-12(2,3)23-11(22)21-7-8-4-9(13(15,16)17)6-10(5-8)14(18,19)20;10-8(11,12)6-1-5(4-16)2-7(3-6)9(13,14)15/h4-6H,7H2,1-3H3,(H,21,22);1-3H,4,16H2. The van der Waals surface area contributed by atoms with Crippen molar-refractivity contribution in [3.05, 3.63) is 69.8 Å². The fourth-order valence-corrected chi connectivity index (χ4v) is 2.75. The van der Waals surface area contributed by atoms with Crippen LogP contribution in [-0.4, -0.2) is 11.7 Å². The van der Waals surface area contributed by atoms with Crippen LogP contribution < -0.4 is 11.1 Å². The van der Waals surface area contributed by atoms with Gasteiger partial charge in [-0.2, -0.15) is 52.7 Å². The molecule has 0 bridgehead atoms. The molecule has 0 radical (unpaired) electrons. The molecule has 0 atom stereocenters. The molecule has 39 heavy (non-hydrogen) atoms. The van der Waals surface area contributed by atoms with Gasteiger partial charge in [0.2, 0.25) is 0 Å². The molecular weight excluding hydrogens is 564 g/mol. The number of carbonyl (C=O) groups excluding carboxylic acids is 1. The molecule has 2 aromatic carbocycles. The van der Waals surface area contributed by atoms with Gasteiger partial charge >= 0.3 is 30.8 Å². The fourth-order valence-electron chi connectivity index (χ4n) is 2.75. The van der Waals surface area contributed by atoms with Crippen molar-refractivity contribution in [2.24, 2.45) is 5.73 Å². The highest BCUT2D eigenvalue weighted by atomic mass is 19.4. The molecule has 0 fully saturated rings. The van der Waals surface area contributed by atoms with Gasteiger partial charge in [-0.25, -0.2) is 4.79 Å². The molecule has 2 aromatic rings. The number of benzene rings is 2. The number of nitrogens with one attached hydrogen (secondary N) is 1. The van der Waals surface area contributed by atoms with Gasteiger partial charge in [0.25, 0.3) is 0 Å². The quantitative estimate of drug-likeness (QED) is 0.359. The number of ether oxygens (including phenoxy) is 1. The molecule has 0 aliphatic carbocycles. The lowest BCUT2D eigenvalue weighted by Gasteiger charge is -2.20. The molecule has 4 nitrogen and oxygen atoms in total. The first-order chi connectivity index (χ1) is 17.3. The summed E-state index contributed by atoms with van der Waals surface area (Å²) in [5.41, 5.74) is -1.90. The minimum absolute atomic E-state index is 0.0248. The lowest BCUT2D eigenvalue weighted by Crippen LogP contribution is -2.32. The van der Waals surface area contributed by atoms with Crippen molar-refractivity contribution >= 4 is 6.09 Å². The molecule has 16 heteroatoms. The zero-order chi connectivity index (χ0) is 30.6. The summed E-state index contributed by atoms with van der Waals surface area (Å²) in [6.45, 7) is 3.80. The smallest absolute Gasteiger partial charge is 0.416 e. The Morgan fingerprint density at radius 1 is 0.641 bits per heavy atom. The fraction of sp³-hybridized carbons (Fsp3) is 0.435. The van der Waals surface area contributed by atoms with Gasteiger partial charge in [-0.1, -0.05) is 0 Å². The van der Waals surface area contributed by atoms with E-state index in [1.807, 2.05) is 0 Å². The average Bonchev–Trinajstić information content (AvgIpc) is 2.74. The summed E-state index contributed by atoms with van der Waals surface area (Å²) in [4.78, 5) is 11.4. The minimum atomic E-state index is -4.93. The van der Waals surface area contributed by atoms with Gasteiger partial charge in [0.05, 0.1) is 22.3 Å². The number of carbonyl (C=O) groups is 1. The van der Waals surface area contributed by atoms with Crippen molar-refractivity contribution in [1.82, 2.24) is 5.32 Å². The van der Waals surface area contributed by atoms with Crippen LogP contribution in [0.2, 0.25) is 0 Å². The van der Waals surface area contributed by atoms with Crippen LogP contribution in [0.15, 0.2) is 36.4 Å². The number of alkyl halides is 12. The third kappa shape index (κ3) is 11.6. The molecule has 2 rings (SSSR count). The maximum absolute atomic E-state index is 12.7. The lowest BCUT2D eigenvalue weighted by molar-refractivity contribution is -0.144. The first kappa shape index (κ1) is 33.9. The van der Waals surface area contributed by atoms with Crippen LogP contribution in [0.4, 0.5) is 57.5 Å². The molecule has 0 aliphatic rings. The van der Waals surface area contributed by atoms with Crippen LogP contribution >= 0.6 is 0 Å². The second-order valence-corrected chi connectivity index (χ2v) is 8.89. The first-order valence-corrected chi connectivity index (χ1v) is 10.6. The number of halogens is 12. The molecule has 3 N–H and O–H groups in total. The van der Waals surface area contributed by atoms with E-state index in [4.69, 9.17) is 10.5 Å². The number of amides is 1. The molecular formula is C23H22F12N2O2. The molecule has 1 amide bonds. The van der Waals surface area contributed by atoms with Crippen molar-refractivity contribution in [1.29, 1.82) is 0 Å². The second-order valence-electron chi connectivity index (χ2n) is 8.89. The highest BCUT2D eigenvalue weighted by molar-refractivity contribution is 5.67. The Labute approximate surface area is 214 Å². The van der Waals surface area contributed by atoms with E-state index < -0.39 is 65.2 Å². The van der Waals surface area contributed by atoms with Gasteiger partial charge in [-0.05, 0) is 68.3 Å². The number of rotatable bonds is 3. The molecule has 0 unspecified atom stereocenters. The molecule has 0 aromatic heterocycles. The summed E-state index contributed by atoms with van der Waals surface area (Å²) in [6.07, 6.45) is -20.4. The Kier molecular flexibility index (Phi) is 10.3. The molecule has 220 valence electrons. The van der Waals surface area contributed by atoms with Crippen LogP contribution in [0, 0.1) is 0 Å². The van der Waals surface area contributed by atoms with Crippen LogP contribution in [0.1, 0.15) is 54.2 Å². The number of nitrogens with two attached hydrogens (primary N) is 1. The van der Waals surface area contributed by atoms with Crippen molar-refractivity contribution in [3.8, 4) is 0 Å². The van der Waals surface area contributed by atoms with Crippen LogP contribution in [0.25, 0.3) is 0 Å². The predicted octanol–water partition coefficient (Wildman–Crippen LogP) is 7.93. The van der Waals surface area contributed by atoms with Crippen molar-refractivity contribution in [3.63, 3.8) is 0 Å². The minimum Gasteiger partial charge on any atom is -0.444 e. The molecule has 0 aliphatic heterocycles. The van der Waals surface area contributed by atoms with E-state index in [1.54, 1.807) is 20.8 Å². The Hall–Kier alpha value is -3.17. The first-order valence-electron chi connectivity index (χ1n) is 10.6. The Bertz CT molecular complexity index is 1060. The summed E-state index contributed by atoms with van der Waals surface area (Å²) in [6, 6.07) is 2.40. The number of hydrogen-bond donors (Lipinski definition) is 2. The largest absolute Gasteiger partial charge is 0.444 e. The molecule has 0 heterocycles. The summed E-state index contributed by atoms with van der Waals surface area (Å²) < 4.78 is 155. The SMILES string of the molecule is CC(C)(C)OC(=O)NCc1cc(C(F)(F)F)cc(C(F)(F)F)c1.NCc1cc(C(F)(F)F)cc(C(F)(F)F)c1. The van der Waals surface area contributed by atoms with E-state index in [9.17, 15) is 57.5 Å². The molecule has 0 spiro atoms. The second kappa shape index (κ2) is 11.9. The number of hydrogen-bond acceptors (Lipinski definition) is 3.